The highest BCUT2D eigenvalue weighted by atomic mass is 16.5. The van der Waals surface area contributed by atoms with Gasteiger partial charge in [-0.25, -0.2) is 0 Å². The quantitative estimate of drug-likeness (QED) is 0.862. The first-order valence-electron chi connectivity index (χ1n) is 9.57. The van der Waals surface area contributed by atoms with Crippen LogP contribution in [-0.4, -0.2) is 30.8 Å². The molecule has 4 heteroatoms. The minimum atomic E-state index is -0.945. The highest BCUT2D eigenvalue weighted by Crippen LogP contribution is 2.35. The average Bonchev–Trinajstić information content (AvgIpc) is 2.61. The summed E-state index contributed by atoms with van der Waals surface area (Å²) in [5.74, 6) is 0.587. The summed E-state index contributed by atoms with van der Waals surface area (Å²) in [4.78, 5) is 12.8. The molecule has 0 bridgehead atoms. The lowest BCUT2D eigenvalue weighted by atomic mass is 9.77. The van der Waals surface area contributed by atoms with Crippen molar-refractivity contribution in [1.29, 1.82) is 0 Å². The number of hydrogen-bond donors (Lipinski definition) is 2. The molecule has 0 saturated carbocycles. The van der Waals surface area contributed by atoms with Crippen LogP contribution in [0.25, 0.3) is 0 Å². The first-order chi connectivity index (χ1) is 11.9. The van der Waals surface area contributed by atoms with Crippen molar-refractivity contribution in [3.63, 3.8) is 0 Å². The van der Waals surface area contributed by atoms with E-state index in [2.05, 4.69) is 11.4 Å². The Kier molecular flexibility index (Phi) is 5.49. The number of carbonyl (C=O) groups excluding carboxylic acids is 1. The largest absolute Gasteiger partial charge is 0.383 e. The van der Waals surface area contributed by atoms with Crippen LogP contribution in [0.3, 0.4) is 0 Å². The van der Waals surface area contributed by atoms with Gasteiger partial charge >= 0.3 is 0 Å². The van der Waals surface area contributed by atoms with Crippen molar-refractivity contribution in [2.24, 2.45) is 11.3 Å². The summed E-state index contributed by atoms with van der Waals surface area (Å²) in [6, 6.07) is 8.05. The van der Waals surface area contributed by atoms with Crippen LogP contribution in [0.15, 0.2) is 24.3 Å². The van der Waals surface area contributed by atoms with E-state index in [1.54, 1.807) is 0 Å². The number of aryl methyl sites for hydroxylation is 1. The molecule has 1 amide bonds. The number of aliphatic hydroxyl groups is 1. The molecule has 1 atom stereocenters. The lowest BCUT2D eigenvalue weighted by Gasteiger charge is -2.36. The van der Waals surface area contributed by atoms with Gasteiger partial charge in [0.05, 0.1) is 6.54 Å². The van der Waals surface area contributed by atoms with Crippen LogP contribution < -0.4 is 5.32 Å². The molecular weight excluding hydrogens is 314 g/mol. The van der Waals surface area contributed by atoms with E-state index in [9.17, 15) is 9.90 Å². The zero-order valence-corrected chi connectivity index (χ0v) is 15.5. The molecule has 3 rings (SSSR count). The molecule has 1 fully saturated rings. The molecule has 0 radical (unpaired) electrons. The fourth-order valence-electron chi connectivity index (χ4n) is 4.31. The van der Waals surface area contributed by atoms with E-state index in [1.165, 1.54) is 5.56 Å². The van der Waals surface area contributed by atoms with E-state index in [4.69, 9.17) is 4.74 Å². The number of carbonyl (C=O) groups is 1. The predicted molar refractivity (Wildman–Crippen MR) is 98.2 cm³/mol. The van der Waals surface area contributed by atoms with Crippen molar-refractivity contribution in [3.8, 4) is 0 Å². The lowest BCUT2D eigenvalue weighted by Crippen LogP contribution is -2.47. The van der Waals surface area contributed by atoms with Crippen LogP contribution in [0.2, 0.25) is 0 Å². The summed E-state index contributed by atoms with van der Waals surface area (Å²) in [7, 11) is 0. The van der Waals surface area contributed by atoms with Gasteiger partial charge in [-0.15, -0.1) is 0 Å². The Morgan fingerprint density at radius 2 is 2.04 bits per heavy atom. The third-order valence-electron chi connectivity index (χ3n) is 5.85. The summed E-state index contributed by atoms with van der Waals surface area (Å²) in [5, 5.41) is 14.2. The van der Waals surface area contributed by atoms with Crippen LogP contribution in [0.1, 0.15) is 57.1 Å². The normalized spacial score (nSPS) is 24.6. The third-order valence-corrected chi connectivity index (χ3v) is 5.85. The van der Waals surface area contributed by atoms with Crippen molar-refractivity contribution < 1.29 is 14.6 Å². The molecule has 1 aromatic carbocycles. The number of ether oxygens (including phenoxy) is 1. The maximum absolute atomic E-state index is 12.8. The summed E-state index contributed by atoms with van der Waals surface area (Å²) in [6.45, 7) is 5.92. The van der Waals surface area contributed by atoms with Crippen molar-refractivity contribution in [2.45, 2.75) is 58.0 Å². The average molecular weight is 345 g/mol. The zero-order valence-electron chi connectivity index (χ0n) is 15.5. The minimum absolute atomic E-state index is 0.0375. The molecule has 1 aromatic rings. The SMILES string of the molecule is CC(C)(CC1CCOCC1)C(=O)NCC1(O)CCCc2ccccc21. The Labute approximate surface area is 151 Å². The molecular formula is C21H31NO3. The summed E-state index contributed by atoms with van der Waals surface area (Å²) >= 11 is 0. The van der Waals surface area contributed by atoms with Gasteiger partial charge in [0, 0.05) is 18.6 Å². The van der Waals surface area contributed by atoms with Crippen molar-refractivity contribution in [2.75, 3.05) is 19.8 Å². The number of fused-ring (bicyclic) bond motifs is 1. The second-order valence-electron chi connectivity index (χ2n) is 8.37. The fraction of sp³-hybridized carbons (Fsp3) is 0.667. The molecule has 1 unspecified atom stereocenters. The van der Waals surface area contributed by atoms with Crippen molar-refractivity contribution in [3.05, 3.63) is 35.4 Å². The lowest BCUT2D eigenvalue weighted by molar-refractivity contribution is -0.132. The van der Waals surface area contributed by atoms with Crippen LogP contribution >= 0.6 is 0 Å². The number of nitrogens with one attached hydrogen (secondary N) is 1. The van der Waals surface area contributed by atoms with E-state index in [1.807, 2.05) is 32.0 Å². The van der Waals surface area contributed by atoms with Crippen LogP contribution in [0, 0.1) is 11.3 Å². The first kappa shape index (κ1) is 18.4. The topological polar surface area (TPSA) is 58.6 Å². The van der Waals surface area contributed by atoms with Crippen LogP contribution in [0.5, 0.6) is 0 Å². The van der Waals surface area contributed by atoms with Gasteiger partial charge in [0.2, 0.25) is 5.91 Å². The van der Waals surface area contributed by atoms with Crippen LogP contribution in [-0.2, 0) is 21.6 Å². The second kappa shape index (κ2) is 7.46. The molecule has 1 heterocycles. The highest BCUT2D eigenvalue weighted by molar-refractivity contribution is 5.81. The molecule has 0 spiro atoms. The monoisotopic (exact) mass is 345 g/mol. The van der Waals surface area contributed by atoms with Crippen molar-refractivity contribution in [1.82, 2.24) is 5.32 Å². The molecule has 1 saturated heterocycles. The van der Waals surface area contributed by atoms with Gasteiger partial charge in [-0.05, 0) is 55.6 Å². The highest BCUT2D eigenvalue weighted by Gasteiger charge is 2.37. The van der Waals surface area contributed by atoms with Gasteiger partial charge < -0.3 is 15.2 Å². The first-order valence-corrected chi connectivity index (χ1v) is 9.57. The van der Waals surface area contributed by atoms with E-state index in [0.29, 0.717) is 18.9 Å². The van der Waals surface area contributed by atoms with E-state index in [0.717, 1.165) is 50.9 Å². The van der Waals surface area contributed by atoms with Gasteiger partial charge in [0.15, 0.2) is 0 Å². The minimum Gasteiger partial charge on any atom is -0.383 e. The van der Waals surface area contributed by atoms with Crippen LogP contribution in [0.4, 0.5) is 0 Å². The molecule has 1 aliphatic carbocycles. The van der Waals surface area contributed by atoms with E-state index < -0.39 is 11.0 Å². The molecule has 2 aliphatic rings. The smallest absolute Gasteiger partial charge is 0.225 e. The van der Waals surface area contributed by atoms with E-state index >= 15 is 0 Å². The number of amides is 1. The Bertz CT molecular complexity index is 607. The van der Waals surface area contributed by atoms with Gasteiger partial charge in [0.1, 0.15) is 5.60 Å². The maximum atomic E-state index is 12.8. The summed E-state index contributed by atoms with van der Waals surface area (Å²) in [5.41, 5.74) is 0.807. The van der Waals surface area contributed by atoms with Crippen molar-refractivity contribution >= 4 is 5.91 Å². The Morgan fingerprint density at radius 3 is 2.80 bits per heavy atom. The molecule has 1 aliphatic heterocycles. The molecule has 4 nitrogen and oxygen atoms in total. The summed E-state index contributed by atoms with van der Waals surface area (Å²) in [6.07, 6.45) is 5.60. The number of benzene rings is 1. The fourth-order valence-corrected chi connectivity index (χ4v) is 4.31. The van der Waals surface area contributed by atoms with Gasteiger partial charge in [0.25, 0.3) is 0 Å². The molecule has 2 N–H and O–H groups in total. The second-order valence-corrected chi connectivity index (χ2v) is 8.37. The molecule has 0 aromatic heterocycles. The van der Waals surface area contributed by atoms with E-state index in [-0.39, 0.29) is 5.91 Å². The zero-order chi connectivity index (χ0) is 17.9. The third kappa shape index (κ3) is 4.24. The maximum Gasteiger partial charge on any atom is 0.225 e. The number of hydrogen-bond acceptors (Lipinski definition) is 3. The summed E-state index contributed by atoms with van der Waals surface area (Å²) < 4.78 is 5.41. The standard InChI is InChI=1S/C21H31NO3/c1-20(2,14-16-9-12-25-13-10-16)19(23)22-15-21(24)11-5-7-17-6-3-4-8-18(17)21/h3-4,6,8,16,24H,5,7,9-15H2,1-2H3,(H,22,23). The van der Waals surface area contributed by atoms with Gasteiger partial charge in [-0.2, -0.15) is 0 Å². The van der Waals surface area contributed by atoms with Gasteiger partial charge in [-0.3, -0.25) is 4.79 Å². The predicted octanol–water partition coefficient (Wildman–Crippen LogP) is 3.17. The number of rotatable bonds is 5. The Morgan fingerprint density at radius 1 is 1.32 bits per heavy atom. The van der Waals surface area contributed by atoms with Gasteiger partial charge in [-0.1, -0.05) is 38.1 Å². The Hall–Kier alpha value is -1.39. The molecule has 138 valence electrons. The Balaban J connectivity index is 1.61. The molecule has 25 heavy (non-hydrogen) atoms.